The van der Waals surface area contributed by atoms with Gasteiger partial charge in [0.15, 0.2) is 5.78 Å². The van der Waals surface area contributed by atoms with Gasteiger partial charge in [-0.3, -0.25) is 9.59 Å². The number of rotatable bonds is 6. The number of carbonyl (C=O) groups excluding carboxylic acids is 2. The molecule has 0 heterocycles. The van der Waals surface area contributed by atoms with Gasteiger partial charge in [-0.15, -0.1) is 11.6 Å². The predicted octanol–water partition coefficient (Wildman–Crippen LogP) is 0.480. The number of nitrogens with one attached hydrogen (secondary N) is 1. The highest BCUT2D eigenvalue weighted by molar-refractivity contribution is 6.28. The highest BCUT2D eigenvalue weighted by Gasteiger charge is 2.14. The lowest BCUT2D eigenvalue weighted by molar-refractivity contribution is -0.125. The Hall–Kier alpha value is -1.39. The molecular weight excluding hydrogens is 240 g/mol. The zero-order valence-corrected chi connectivity index (χ0v) is 10.1. The fraction of sp³-hybridized carbons (Fsp3) is 0.333. The molecule has 1 unspecified atom stereocenters. The number of Topliss-reactive ketones (excluding diaryl/α,β-unsaturated/α-hetero) is 1. The Bertz CT molecular complexity index is 381. The Morgan fingerprint density at radius 2 is 1.94 bits per heavy atom. The van der Waals surface area contributed by atoms with Gasteiger partial charge in [-0.05, 0) is 12.0 Å². The number of benzene rings is 1. The summed E-state index contributed by atoms with van der Waals surface area (Å²) in [5.74, 6) is -0.673. The van der Waals surface area contributed by atoms with E-state index >= 15 is 0 Å². The molecule has 1 aromatic rings. The zero-order chi connectivity index (χ0) is 12.7. The number of carbonyl (C=O) groups is 2. The summed E-state index contributed by atoms with van der Waals surface area (Å²) in [7, 11) is 0. The van der Waals surface area contributed by atoms with Crippen LogP contribution in [0.2, 0.25) is 0 Å². The minimum absolute atomic E-state index is 0.0647. The Kier molecular flexibility index (Phi) is 5.66. The van der Waals surface area contributed by atoms with Crippen molar-refractivity contribution in [2.75, 3.05) is 12.4 Å². The van der Waals surface area contributed by atoms with Crippen LogP contribution in [0.3, 0.4) is 0 Å². The SMILES string of the molecule is NC(Cc1ccccc1)C(=O)NCC(=O)CCl. The highest BCUT2D eigenvalue weighted by Crippen LogP contribution is 2.01. The monoisotopic (exact) mass is 254 g/mol. The minimum Gasteiger partial charge on any atom is -0.348 e. The van der Waals surface area contributed by atoms with Gasteiger partial charge in [0.2, 0.25) is 5.91 Å². The molecule has 1 rings (SSSR count). The van der Waals surface area contributed by atoms with Gasteiger partial charge in [-0.1, -0.05) is 30.3 Å². The van der Waals surface area contributed by atoms with Crippen LogP contribution in [0.4, 0.5) is 0 Å². The third kappa shape index (κ3) is 4.97. The van der Waals surface area contributed by atoms with Gasteiger partial charge in [-0.25, -0.2) is 0 Å². The maximum atomic E-state index is 11.5. The van der Waals surface area contributed by atoms with Gasteiger partial charge in [0.1, 0.15) is 0 Å². The summed E-state index contributed by atoms with van der Waals surface area (Å²) in [5, 5.41) is 2.46. The fourth-order valence-corrected chi connectivity index (χ4v) is 1.42. The second kappa shape index (κ2) is 7.04. The summed E-state index contributed by atoms with van der Waals surface area (Å²) in [5.41, 5.74) is 6.71. The molecule has 0 aliphatic rings. The van der Waals surface area contributed by atoms with Crippen molar-refractivity contribution < 1.29 is 9.59 Å². The van der Waals surface area contributed by atoms with Crippen LogP contribution >= 0.6 is 11.6 Å². The Labute approximate surface area is 105 Å². The maximum Gasteiger partial charge on any atom is 0.237 e. The summed E-state index contributed by atoms with van der Waals surface area (Å²) in [6, 6.07) is 8.82. The molecular formula is C12H15ClN2O2. The van der Waals surface area contributed by atoms with Crippen molar-refractivity contribution in [1.29, 1.82) is 0 Å². The lowest BCUT2D eigenvalue weighted by atomic mass is 10.1. The van der Waals surface area contributed by atoms with Crippen LogP contribution < -0.4 is 11.1 Å². The van der Waals surface area contributed by atoms with Gasteiger partial charge >= 0.3 is 0 Å². The molecule has 0 spiro atoms. The highest BCUT2D eigenvalue weighted by atomic mass is 35.5. The first-order valence-corrected chi connectivity index (χ1v) is 5.82. The third-order valence-electron chi connectivity index (χ3n) is 2.24. The second-order valence-electron chi connectivity index (χ2n) is 3.69. The van der Waals surface area contributed by atoms with Crippen molar-refractivity contribution in [3.8, 4) is 0 Å². The number of halogens is 1. The number of ketones is 1. The number of alkyl halides is 1. The summed E-state index contributed by atoms with van der Waals surface area (Å²) >= 11 is 5.31. The molecule has 1 atom stereocenters. The van der Waals surface area contributed by atoms with Crippen molar-refractivity contribution in [2.24, 2.45) is 5.73 Å². The van der Waals surface area contributed by atoms with Gasteiger partial charge in [0.05, 0.1) is 18.5 Å². The normalized spacial score (nSPS) is 11.9. The van der Waals surface area contributed by atoms with Crippen LogP contribution in [-0.4, -0.2) is 30.2 Å². The predicted molar refractivity (Wildman–Crippen MR) is 66.9 cm³/mol. The molecule has 0 radical (unpaired) electrons. The van der Waals surface area contributed by atoms with E-state index in [9.17, 15) is 9.59 Å². The smallest absolute Gasteiger partial charge is 0.237 e. The molecule has 0 saturated heterocycles. The molecule has 3 N–H and O–H groups in total. The van der Waals surface area contributed by atoms with Crippen LogP contribution in [0.25, 0.3) is 0 Å². The minimum atomic E-state index is -0.652. The lowest BCUT2D eigenvalue weighted by Gasteiger charge is -2.11. The van der Waals surface area contributed by atoms with E-state index in [0.717, 1.165) is 5.56 Å². The fourth-order valence-electron chi connectivity index (χ4n) is 1.32. The number of nitrogens with two attached hydrogens (primary N) is 1. The van der Waals surface area contributed by atoms with Gasteiger partial charge < -0.3 is 11.1 Å². The Morgan fingerprint density at radius 1 is 1.29 bits per heavy atom. The van der Waals surface area contributed by atoms with Crippen LogP contribution in [0.5, 0.6) is 0 Å². The van der Waals surface area contributed by atoms with E-state index in [0.29, 0.717) is 6.42 Å². The quantitative estimate of drug-likeness (QED) is 0.726. The lowest BCUT2D eigenvalue weighted by Crippen LogP contribution is -2.44. The van der Waals surface area contributed by atoms with E-state index in [1.165, 1.54) is 0 Å². The van der Waals surface area contributed by atoms with Crippen molar-refractivity contribution in [3.05, 3.63) is 35.9 Å². The molecule has 1 amide bonds. The molecule has 0 aromatic heterocycles. The van der Waals surface area contributed by atoms with E-state index in [4.69, 9.17) is 17.3 Å². The summed E-state index contributed by atoms with van der Waals surface area (Å²) < 4.78 is 0. The molecule has 1 aromatic carbocycles. The Balaban J connectivity index is 2.40. The zero-order valence-electron chi connectivity index (χ0n) is 9.36. The van der Waals surface area contributed by atoms with Crippen molar-refractivity contribution in [2.45, 2.75) is 12.5 Å². The standard InChI is InChI=1S/C12H15ClN2O2/c13-7-10(16)8-15-12(17)11(14)6-9-4-2-1-3-5-9/h1-5,11H,6-8,14H2,(H,15,17). The van der Waals surface area contributed by atoms with Crippen LogP contribution in [0.1, 0.15) is 5.56 Å². The molecule has 0 bridgehead atoms. The van der Waals surface area contributed by atoms with Crippen molar-refractivity contribution in [3.63, 3.8) is 0 Å². The van der Waals surface area contributed by atoms with Crippen LogP contribution in [0.15, 0.2) is 30.3 Å². The molecule has 5 heteroatoms. The number of hydrogen-bond donors (Lipinski definition) is 2. The number of hydrogen-bond acceptors (Lipinski definition) is 3. The van der Waals surface area contributed by atoms with Crippen LogP contribution in [-0.2, 0) is 16.0 Å². The third-order valence-corrected chi connectivity index (χ3v) is 2.54. The Morgan fingerprint density at radius 3 is 2.53 bits per heavy atom. The average Bonchev–Trinajstić information content (AvgIpc) is 2.36. The van der Waals surface area contributed by atoms with E-state index < -0.39 is 6.04 Å². The van der Waals surface area contributed by atoms with Crippen LogP contribution in [0, 0.1) is 0 Å². The topological polar surface area (TPSA) is 72.2 Å². The van der Waals surface area contributed by atoms with E-state index in [-0.39, 0.29) is 24.1 Å². The van der Waals surface area contributed by atoms with E-state index in [1.54, 1.807) is 0 Å². The molecule has 0 fully saturated rings. The second-order valence-corrected chi connectivity index (χ2v) is 3.95. The van der Waals surface area contributed by atoms with Crippen molar-refractivity contribution >= 4 is 23.3 Å². The van der Waals surface area contributed by atoms with Crippen molar-refractivity contribution in [1.82, 2.24) is 5.32 Å². The molecule has 92 valence electrons. The first-order valence-electron chi connectivity index (χ1n) is 5.28. The largest absolute Gasteiger partial charge is 0.348 e. The molecule has 4 nitrogen and oxygen atoms in total. The van der Waals surface area contributed by atoms with Gasteiger partial charge in [0.25, 0.3) is 0 Å². The van der Waals surface area contributed by atoms with Gasteiger partial charge in [-0.2, -0.15) is 0 Å². The first-order chi connectivity index (χ1) is 8.13. The average molecular weight is 255 g/mol. The summed E-state index contributed by atoms with van der Waals surface area (Å²) in [6.07, 6.45) is 0.446. The molecule has 0 aliphatic heterocycles. The molecule has 17 heavy (non-hydrogen) atoms. The summed E-state index contributed by atoms with van der Waals surface area (Å²) in [6.45, 7) is -0.0647. The van der Waals surface area contributed by atoms with E-state index in [2.05, 4.69) is 5.32 Å². The molecule has 0 saturated carbocycles. The van der Waals surface area contributed by atoms with E-state index in [1.807, 2.05) is 30.3 Å². The van der Waals surface area contributed by atoms with Gasteiger partial charge in [0, 0.05) is 0 Å². The summed E-state index contributed by atoms with van der Waals surface area (Å²) in [4.78, 5) is 22.4. The molecule has 0 aliphatic carbocycles. The number of amides is 1. The maximum absolute atomic E-state index is 11.5. The first kappa shape index (κ1) is 13.7.